The molecule has 31 heavy (non-hydrogen) atoms. The molecule has 1 fully saturated rings. The molecule has 8 heteroatoms. The van der Waals surface area contributed by atoms with Crippen LogP contribution in [-0.4, -0.2) is 38.0 Å². The van der Waals surface area contributed by atoms with Crippen LogP contribution in [0.4, 0.5) is 0 Å². The second-order valence-corrected chi connectivity index (χ2v) is 9.98. The molecule has 1 aliphatic heterocycles. The molecule has 0 saturated carbocycles. The van der Waals surface area contributed by atoms with Crippen molar-refractivity contribution in [2.45, 2.75) is 32.4 Å². The fraction of sp³-hybridized carbons (Fsp3) is 0.304. The van der Waals surface area contributed by atoms with Crippen molar-refractivity contribution in [2.24, 2.45) is 0 Å². The van der Waals surface area contributed by atoms with Gasteiger partial charge < -0.3 is 14.5 Å². The topological polar surface area (TPSA) is 103 Å². The number of carbonyl (C=O) groups excluding carboxylic acids is 1. The van der Waals surface area contributed by atoms with Crippen molar-refractivity contribution in [3.63, 3.8) is 0 Å². The first-order chi connectivity index (χ1) is 14.7. The Morgan fingerprint density at radius 3 is 2.61 bits per heavy atom. The van der Waals surface area contributed by atoms with Gasteiger partial charge in [0.1, 0.15) is 17.1 Å². The number of aryl methyl sites for hydroxylation is 1. The van der Waals surface area contributed by atoms with Gasteiger partial charge in [0.05, 0.1) is 22.5 Å². The fourth-order valence-corrected chi connectivity index (χ4v) is 5.46. The van der Waals surface area contributed by atoms with Crippen molar-refractivity contribution < 1.29 is 22.4 Å². The molecular weight excluding hydrogens is 418 g/mol. The SMILES string of the molecule is Cc1oc2cc(O[C@@H](C)C(=O)N[C@@H]3CCS(=O)(=O)C3)ccc2c(=O)c1-c1ccccc1. The zero-order chi connectivity index (χ0) is 22.2. The van der Waals surface area contributed by atoms with E-state index in [1.807, 2.05) is 30.3 Å². The van der Waals surface area contributed by atoms with Crippen molar-refractivity contribution >= 4 is 26.7 Å². The Morgan fingerprint density at radius 2 is 1.94 bits per heavy atom. The fourth-order valence-electron chi connectivity index (χ4n) is 3.78. The van der Waals surface area contributed by atoms with Crippen molar-refractivity contribution in [3.05, 3.63) is 64.5 Å². The maximum Gasteiger partial charge on any atom is 0.261 e. The van der Waals surface area contributed by atoms with Gasteiger partial charge in [0.15, 0.2) is 15.9 Å². The lowest BCUT2D eigenvalue weighted by molar-refractivity contribution is -0.127. The lowest BCUT2D eigenvalue weighted by atomic mass is 10.0. The van der Waals surface area contributed by atoms with Gasteiger partial charge in [-0.25, -0.2) is 8.42 Å². The first kappa shape index (κ1) is 21.1. The van der Waals surface area contributed by atoms with Crippen molar-refractivity contribution in [1.29, 1.82) is 0 Å². The number of carbonyl (C=O) groups is 1. The maximum absolute atomic E-state index is 13.0. The van der Waals surface area contributed by atoms with E-state index in [1.165, 1.54) is 0 Å². The first-order valence-electron chi connectivity index (χ1n) is 10.0. The summed E-state index contributed by atoms with van der Waals surface area (Å²) in [7, 11) is -3.08. The van der Waals surface area contributed by atoms with Crippen molar-refractivity contribution in [1.82, 2.24) is 5.32 Å². The number of hydrogen-bond acceptors (Lipinski definition) is 6. The zero-order valence-electron chi connectivity index (χ0n) is 17.3. The average Bonchev–Trinajstić information content (AvgIpc) is 3.06. The molecule has 0 unspecified atom stereocenters. The van der Waals surface area contributed by atoms with Crippen LogP contribution in [0.15, 0.2) is 57.7 Å². The summed E-state index contributed by atoms with van der Waals surface area (Å²) < 4.78 is 34.7. The molecule has 1 N–H and O–H groups in total. The van der Waals surface area contributed by atoms with Crippen LogP contribution in [0.25, 0.3) is 22.1 Å². The largest absolute Gasteiger partial charge is 0.481 e. The van der Waals surface area contributed by atoms with Crippen LogP contribution in [0.1, 0.15) is 19.1 Å². The summed E-state index contributed by atoms with van der Waals surface area (Å²) >= 11 is 0. The van der Waals surface area contributed by atoms with Crippen LogP contribution in [-0.2, 0) is 14.6 Å². The molecule has 0 bridgehead atoms. The molecule has 1 saturated heterocycles. The van der Waals surface area contributed by atoms with E-state index < -0.39 is 22.0 Å². The number of benzene rings is 2. The van der Waals surface area contributed by atoms with Gasteiger partial charge in [-0.2, -0.15) is 0 Å². The smallest absolute Gasteiger partial charge is 0.261 e. The third-order valence-electron chi connectivity index (χ3n) is 5.36. The minimum Gasteiger partial charge on any atom is -0.481 e. The molecule has 4 rings (SSSR count). The number of sulfone groups is 1. The quantitative estimate of drug-likeness (QED) is 0.653. The standard InChI is InChI=1S/C23H23NO6S/c1-14-21(16-6-4-3-5-7-16)22(25)19-9-8-18(12-20(19)30-14)29-15(2)23(26)24-17-10-11-31(27,28)13-17/h3-9,12,15,17H,10-11,13H2,1-2H3,(H,24,26)/t15-,17+/m0/s1. The van der Waals surface area contributed by atoms with E-state index in [1.54, 1.807) is 32.0 Å². The van der Waals surface area contributed by atoms with Gasteiger partial charge in [0.25, 0.3) is 5.91 Å². The number of amides is 1. The third kappa shape index (κ3) is 4.49. The summed E-state index contributed by atoms with van der Waals surface area (Å²) in [6.45, 7) is 3.32. The summed E-state index contributed by atoms with van der Waals surface area (Å²) in [4.78, 5) is 25.4. The van der Waals surface area contributed by atoms with Crippen LogP contribution >= 0.6 is 0 Å². The monoisotopic (exact) mass is 441 g/mol. The first-order valence-corrected chi connectivity index (χ1v) is 11.9. The highest BCUT2D eigenvalue weighted by Gasteiger charge is 2.30. The molecular formula is C23H23NO6S. The Balaban J connectivity index is 1.54. The van der Waals surface area contributed by atoms with Gasteiger partial charge in [-0.3, -0.25) is 9.59 Å². The number of rotatable bonds is 5. The number of hydrogen-bond donors (Lipinski definition) is 1. The van der Waals surface area contributed by atoms with Gasteiger partial charge in [0.2, 0.25) is 5.43 Å². The summed E-state index contributed by atoms with van der Waals surface area (Å²) in [6, 6.07) is 13.8. The minimum absolute atomic E-state index is 0.0460. The molecule has 1 aromatic heterocycles. The summed E-state index contributed by atoms with van der Waals surface area (Å²) in [5.74, 6) is 0.522. The van der Waals surface area contributed by atoms with Crippen LogP contribution in [0.5, 0.6) is 5.75 Å². The molecule has 162 valence electrons. The summed E-state index contributed by atoms with van der Waals surface area (Å²) in [5, 5.41) is 3.14. The van der Waals surface area contributed by atoms with Gasteiger partial charge in [-0.15, -0.1) is 0 Å². The normalized spacial score (nSPS) is 18.6. The van der Waals surface area contributed by atoms with Crippen LogP contribution < -0.4 is 15.5 Å². The van der Waals surface area contributed by atoms with Gasteiger partial charge in [0, 0.05) is 12.1 Å². The second kappa shape index (κ2) is 8.19. The second-order valence-electron chi connectivity index (χ2n) is 7.75. The van der Waals surface area contributed by atoms with Crippen molar-refractivity contribution in [3.8, 4) is 16.9 Å². The van der Waals surface area contributed by atoms with Gasteiger partial charge in [-0.1, -0.05) is 30.3 Å². The summed E-state index contributed by atoms with van der Waals surface area (Å²) in [5.41, 5.74) is 1.54. The van der Waals surface area contributed by atoms with E-state index in [0.717, 1.165) is 5.56 Å². The highest BCUT2D eigenvalue weighted by atomic mass is 32.2. The van der Waals surface area contributed by atoms with Crippen LogP contribution in [0.3, 0.4) is 0 Å². The molecule has 3 aromatic rings. The van der Waals surface area contributed by atoms with Crippen LogP contribution in [0.2, 0.25) is 0 Å². The third-order valence-corrected chi connectivity index (χ3v) is 7.13. The van der Waals surface area contributed by atoms with Gasteiger partial charge >= 0.3 is 0 Å². The Kier molecular flexibility index (Phi) is 5.58. The Bertz CT molecular complexity index is 1300. The maximum atomic E-state index is 13.0. The molecule has 2 heterocycles. The molecule has 1 aliphatic rings. The Morgan fingerprint density at radius 1 is 1.19 bits per heavy atom. The molecule has 1 amide bonds. The lowest BCUT2D eigenvalue weighted by Gasteiger charge is -2.17. The molecule has 0 spiro atoms. The van der Waals surface area contributed by atoms with Crippen molar-refractivity contribution in [2.75, 3.05) is 11.5 Å². The van der Waals surface area contributed by atoms with Crippen LogP contribution in [0, 0.1) is 6.92 Å². The predicted molar refractivity (Wildman–Crippen MR) is 118 cm³/mol. The zero-order valence-corrected chi connectivity index (χ0v) is 18.1. The van der Waals surface area contributed by atoms with Gasteiger partial charge in [-0.05, 0) is 38.0 Å². The minimum atomic E-state index is -3.08. The van der Waals surface area contributed by atoms with E-state index >= 15 is 0 Å². The highest BCUT2D eigenvalue weighted by Crippen LogP contribution is 2.26. The van der Waals surface area contributed by atoms with E-state index in [9.17, 15) is 18.0 Å². The Labute approximate surface area is 180 Å². The van der Waals surface area contributed by atoms with E-state index in [2.05, 4.69) is 5.32 Å². The molecule has 7 nitrogen and oxygen atoms in total. The Hall–Kier alpha value is -3.13. The lowest BCUT2D eigenvalue weighted by Crippen LogP contribution is -2.43. The number of fused-ring (bicyclic) bond motifs is 1. The summed E-state index contributed by atoms with van der Waals surface area (Å²) in [6.07, 6.45) is -0.428. The average molecular weight is 442 g/mol. The molecule has 0 aliphatic carbocycles. The number of ether oxygens (including phenoxy) is 1. The molecule has 0 radical (unpaired) electrons. The number of nitrogens with one attached hydrogen (secondary N) is 1. The van der Waals surface area contributed by atoms with E-state index in [0.29, 0.717) is 34.5 Å². The van der Waals surface area contributed by atoms with E-state index in [4.69, 9.17) is 9.15 Å². The molecule has 2 aromatic carbocycles. The molecule has 2 atom stereocenters. The highest BCUT2D eigenvalue weighted by molar-refractivity contribution is 7.91. The predicted octanol–water partition coefficient (Wildman–Crippen LogP) is 2.84. The van der Waals surface area contributed by atoms with E-state index in [-0.39, 0.29) is 22.8 Å².